The van der Waals surface area contributed by atoms with E-state index in [-0.39, 0.29) is 29.9 Å². The molecule has 2 unspecified atom stereocenters. The van der Waals surface area contributed by atoms with Crippen molar-refractivity contribution in [1.82, 2.24) is 14.8 Å². The van der Waals surface area contributed by atoms with Crippen molar-refractivity contribution in [3.8, 4) is 5.88 Å². The molecule has 128 valence electrons. The van der Waals surface area contributed by atoms with E-state index in [4.69, 9.17) is 4.74 Å². The average molecular weight is 329 g/mol. The molecule has 0 bridgehead atoms. The van der Waals surface area contributed by atoms with E-state index < -0.39 is 0 Å². The molecule has 0 N–H and O–H groups in total. The van der Waals surface area contributed by atoms with Gasteiger partial charge in [-0.3, -0.25) is 9.59 Å². The predicted molar refractivity (Wildman–Crippen MR) is 87.7 cm³/mol. The van der Waals surface area contributed by atoms with E-state index in [0.29, 0.717) is 24.5 Å². The van der Waals surface area contributed by atoms with Gasteiger partial charge in [0.15, 0.2) is 0 Å². The molecular weight excluding hydrogens is 306 g/mol. The van der Waals surface area contributed by atoms with Gasteiger partial charge in [0.25, 0.3) is 5.91 Å². The summed E-state index contributed by atoms with van der Waals surface area (Å²) in [6.45, 7) is 1.09. The first-order valence-corrected chi connectivity index (χ1v) is 8.83. The molecule has 0 spiro atoms. The molecule has 6 heteroatoms. The van der Waals surface area contributed by atoms with E-state index >= 15 is 0 Å². The molecule has 4 rings (SSSR count). The number of amides is 2. The molecule has 1 aromatic rings. The predicted octanol–water partition coefficient (Wildman–Crippen LogP) is 1.71. The molecule has 1 saturated carbocycles. The van der Waals surface area contributed by atoms with Gasteiger partial charge in [-0.2, -0.15) is 0 Å². The van der Waals surface area contributed by atoms with E-state index in [1.807, 2.05) is 4.90 Å². The minimum absolute atomic E-state index is 0.0856. The Labute approximate surface area is 141 Å². The molecule has 1 aromatic heterocycles. The summed E-state index contributed by atoms with van der Waals surface area (Å²) in [7, 11) is 1.79. The number of ether oxygens (including phenoxy) is 1. The number of likely N-dealkylation sites (tertiary alicyclic amines) is 1. The van der Waals surface area contributed by atoms with Gasteiger partial charge in [-0.25, -0.2) is 4.98 Å². The number of pyridine rings is 1. The number of fused-ring (bicyclic) bond motifs is 2. The maximum absolute atomic E-state index is 12.8. The monoisotopic (exact) mass is 329 g/mol. The third kappa shape index (κ3) is 2.54. The maximum Gasteiger partial charge on any atom is 0.259 e. The molecule has 0 radical (unpaired) electrons. The zero-order valence-electron chi connectivity index (χ0n) is 14.0. The Hall–Kier alpha value is -2.11. The summed E-state index contributed by atoms with van der Waals surface area (Å²) in [6, 6.07) is 3.38. The molecule has 1 aliphatic carbocycles. The second kappa shape index (κ2) is 6.07. The summed E-state index contributed by atoms with van der Waals surface area (Å²) in [6.07, 6.45) is 6.93. The smallest absolute Gasteiger partial charge is 0.259 e. The summed E-state index contributed by atoms with van der Waals surface area (Å²) in [4.78, 5) is 33.3. The SMILES string of the molecule is CN1C(=O)c2cccnc2OC2CN(C(=O)C3CCCCC3)CC21. The van der Waals surface area contributed by atoms with Crippen LogP contribution in [0.25, 0.3) is 0 Å². The highest BCUT2D eigenvalue weighted by atomic mass is 16.5. The zero-order valence-corrected chi connectivity index (χ0v) is 14.0. The number of nitrogens with zero attached hydrogens (tertiary/aromatic N) is 3. The van der Waals surface area contributed by atoms with Crippen LogP contribution in [-0.4, -0.2) is 58.9 Å². The summed E-state index contributed by atoms with van der Waals surface area (Å²) in [5, 5.41) is 0. The number of carbonyl (C=O) groups excluding carboxylic acids is 2. The summed E-state index contributed by atoms with van der Waals surface area (Å²) in [5.41, 5.74) is 0.500. The van der Waals surface area contributed by atoms with Gasteiger partial charge in [-0.05, 0) is 25.0 Å². The third-order valence-electron chi connectivity index (χ3n) is 5.59. The first-order chi connectivity index (χ1) is 11.6. The van der Waals surface area contributed by atoms with Crippen molar-refractivity contribution in [2.45, 2.75) is 44.2 Å². The Morgan fingerprint density at radius 3 is 2.83 bits per heavy atom. The lowest BCUT2D eigenvalue weighted by molar-refractivity contribution is -0.135. The number of hydrogen-bond acceptors (Lipinski definition) is 4. The fraction of sp³-hybridized carbons (Fsp3) is 0.611. The van der Waals surface area contributed by atoms with E-state index in [9.17, 15) is 9.59 Å². The first kappa shape index (κ1) is 15.4. The highest BCUT2D eigenvalue weighted by molar-refractivity contribution is 5.97. The number of carbonyl (C=O) groups is 2. The van der Waals surface area contributed by atoms with Crippen molar-refractivity contribution in [1.29, 1.82) is 0 Å². The molecule has 2 fully saturated rings. The summed E-state index contributed by atoms with van der Waals surface area (Å²) < 4.78 is 6.02. The Bertz CT molecular complexity index is 657. The van der Waals surface area contributed by atoms with Crippen molar-refractivity contribution in [2.75, 3.05) is 20.1 Å². The molecule has 3 aliphatic rings. The normalized spacial score (nSPS) is 27.3. The van der Waals surface area contributed by atoms with E-state index in [0.717, 1.165) is 25.7 Å². The summed E-state index contributed by atoms with van der Waals surface area (Å²) in [5.74, 6) is 0.673. The van der Waals surface area contributed by atoms with Crippen LogP contribution < -0.4 is 4.74 Å². The second-order valence-corrected chi connectivity index (χ2v) is 7.07. The van der Waals surface area contributed by atoms with Gasteiger partial charge < -0.3 is 14.5 Å². The molecule has 1 saturated heterocycles. The minimum Gasteiger partial charge on any atom is -0.470 e. The molecule has 2 atom stereocenters. The fourth-order valence-corrected chi connectivity index (χ4v) is 4.16. The second-order valence-electron chi connectivity index (χ2n) is 7.07. The first-order valence-electron chi connectivity index (χ1n) is 8.83. The van der Waals surface area contributed by atoms with Crippen LogP contribution in [0.5, 0.6) is 5.88 Å². The van der Waals surface area contributed by atoms with Gasteiger partial charge in [0, 0.05) is 25.7 Å². The Morgan fingerprint density at radius 1 is 1.25 bits per heavy atom. The van der Waals surface area contributed by atoms with Gasteiger partial charge in [0.1, 0.15) is 11.7 Å². The number of aromatic nitrogens is 1. The quantitative estimate of drug-likeness (QED) is 0.787. The van der Waals surface area contributed by atoms with Gasteiger partial charge in [0.2, 0.25) is 11.8 Å². The topological polar surface area (TPSA) is 62.7 Å². The van der Waals surface area contributed by atoms with Crippen LogP contribution in [-0.2, 0) is 4.79 Å². The van der Waals surface area contributed by atoms with Crippen LogP contribution in [0.2, 0.25) is 0 Å². The van der Waals surface area contributed by atoms with Gasteiger partial charge in [-0.1, -0.05) is 19.3 Å². The molecule has 2 aliphatic heterocycles. The highest BCUT2D eigenvalue weighted by Gasteiger charge is 2.45. The van der Waals surface area contributed by atoms with Crippen molar-refractivity contribution in [2.24, 2.45) is 5.92 Å². The van der Waals surface area contributed by atoms with Crippen molar-refractivity contribution in [3.05, 3.63) is 23.9 Å². The maximum atomic E-state index is 12.8. The fourth-order valence-electron chi connectivity index (χ4n) is 4.16. The van der Waals surface area contributed by atoms with Crippen LogP contribution in [0.4, 0.5) is 0 Å². The summed E-state index contributed by atoms with van der Waals surface area (Å²) >= 11 is 0. The molecule has 6 nitrogen and oxygen atoms in total. The Kier molecular flexibility index (Phi) is 3.90. The van der Waals surface area contributed by atoms with Crippen LogP contribution >= 0.6 is 0 Å². The minimum atomic E-state index is -0.206. The van der Waals surface area contributed by atoms with Crippen LogP contribution in [0.15, 0.2) is 18.3 Å². The zero-order chi connectivity index (χ0) is 16.7. The van der Waals surface area contributed by atoms with Crippen molar-refractivity contribution in [3.63, 3.8) is 0 Å². The van der Waals surface area contributed by atoms with E-state index in [2.05, 4.69) is 4.98 Å². The third-order valence-corrected chi connectivity index (χ3v) is 5.59. The average Bonchev–Trinajstić information content (AvgIpc) is 3.01. The van der Waals surface area contributed by atoms with Crippen LogP contribution in [0, 0.1) is 5.92 Å². The van der Waals surface area contributed by atoms with Gasteiger partial charge in [-0.15, -0.1) is 0 Å². The largest absolute Gasteiger partial charge is 0.470 e. The van der Waals surface area contributed by atoms with Gasteiger partial charge in [0.05, 0.1) is 12.6 Å². The van der Waals surface area contributed by atoms with Crippen LogP contribution in [0.1, 0.15) is 42.5 Å². The molecule has 2 amide bonds. The number of rotatable bonds is 1. The van der Waals surface area contributed by atoms with Crippen molar-refractivity contribution >= 4 is 11.8 Å². The lowest BCUT2D eigenvalue weighted by Crippen LogP contribution is -2.44. The molecule has 0 aromatic carbocycles. The van der Waals surface area contributed by atoms with E-state index in [1.54, 1.807) is 30.3 Å². The Morgan fingerprint density at radius 2 is 2.04 bits per heavy atom. The molecule has 3 heterocycles. The van der Waals surface area contributed by atoms with E-state index in [1.165, 1.54) is 6.42 Å². The van der Waals surface area contributed by atoms with Crippen molar-refractivity contribution < 1.29 is 14.3 Å². The standard InChI is InChI=1S/C18H23N3O3/c1-20-14-10-21(17(22)12-6-3-2-4-7-12)11-15(14)24-16-13(18(20)23)8-5-9-19-16/h5,8-9,12,14-15H,2-4,6-7,10-11H2,1H3. The highest BCUT2D eigenvalue weighted by Crippen LogP contribution is 2.31. The van der Waals surface area contributed by atoms with Gasteiger partial charge >= 0.3 is 0 Å². The number of likely N-dealkylation sites (N-methyl/N-ethyl adjacent to an activating group) is 1. The lowest BCUT2D eigenvalue weighted by Gasteiger charge is -2.27. The molecular formula is C18H23N3O3. The Balaban J connectivity index is 1.54. The lowest BCUT2D eigenvalue weighted by atomic mass is 9.88. The molecule has 24 heavy (non-hydrogen) atoms. The van der Waals surface area contributed by atoms with Crippen LogP contribution in [0.3, 0.4) is 0 Å². The number of hydrogen-bond donors (Lipinski definition) is 0.